The molecule has 0 aromatic rings. The van der Waals surface area contributed by atoms with E-state index in [-0.39, 0.29) is 0 Å². The van der Waals surface area contributed by atoms with Crippen molar-refractivity contribution < 1.29 is 18.7 Å². The van der Waals surface area contributed by atoms with E-state index in [1.54, 1.807) is 20.8 Å². The zero-order valence-electron chi connectivity index (χ0n) is 7.26. The molecule has 0 saturated carbocycles. The largest absolute Gasteiger partial charge is 0.435 e. The smallest absolute Gasteiger partial charge is 0.405 e. The molecule has 1 atom stereocenters. The lowest BCUT2D eigenvalue weighted by Crippen LogP contribution is -2.38. The second kappa shape index (κ2) is 3.51. The number of carbonyl (C=O) groups is 2. The maximum atomic E-state index is 12.3. The van der Waals surface area contributed by atoms with Crippen molar-refractivity contribution in [1.29, 1.82) is 0 Å². The summed E-state index contributed by atoms with van der Waals surface area (Å²) >= 11 is 0. The van der Waals surface area contributed by atoms with E-state index in [1.807, 2.05) is 0 Å². The number of ether oxygens (including phenoxy) is 1. The summed E-state index contributed by atoms with van der Waals surface area (Å²) in [6.45, 7) is 4.70. The molecule has 0 spiro atoms. The fourth-order valence-corrected chi connectivity index (χ4v) is 0.680. The zero-order chi connectivity index (χ0) is 9.94. The highest BCUT2D eigenvalue weighted by Gasteiger charge is 2.34. The van der Waals surface area contributed by atoms with Gasteiger partial charge < -0.3 is 10.5 Å². The Morgan fingerprint density at radius 1 is 1.42 bits per heavy atom. The number of hydrogen-bond donors (Lipinski definition) is 1. The van der Waals surface area contributed by atoms with Crippen LogP contribution in [0.15, 0.2) is 0 Å². The van der Waals surface area contributed by atoms with Gasteiger partial charge in [0.15, 0.2) is 6.10 Å². The average Bonchev–Trinajstić information content (AvgIpc) is 1.79. The Morgan fingerprint density at radius 2 is 1.83 bits per heavy atom. The summed E-state index contributed by atoms with van der Waals surface area (Å²) in [5, 5.41) is 0. The van der Waals surface area contributed by atoms with Gasteiger partial charge in [0.05, 0.1) is 0 Å². The van der Waals surface area contributed by atoms with Crippen molar-refractivity contribution in [3.63, 3.8) is 0 Å². The summed E-state index contributed by atoms with van der Waals surface area (Å²) in [5.41, 5.74) is 3.87. The van der Waals surface area contributed by atoms with Crippen LogP contribution in [0.4, 0.5) is 9.18 Å². The number of halogens is 1. The second-order valence-electron chi connectivity index (χ2n) is 3.49. The first-order valence-electron chi connectivity index (χ1n) is 3.40. The summed E-state index contributed by atoms with van der Waals surface area (Å²) in [7, 11) is 0. The molecule has 0 fully saturated rings. The summed E-state index contributed by atoms with van der Waals surface area (Å²) < 4.78 is 16.5. The standard InChI is InChI=1S/C7H12FNO3/c1-7(2,3)4(5(8)10)12-6(9)11/h4H,1-3H3,(H2,9,11). The molecule has 1 amide bonds. The van der Waals surface area contributed by atoms with Crippen molar-refractivity contribution in [1.82, 2.24) is 0 Å². The highest BCUT2D eigenvalue weighted by Crippen LogP contribution is 2.23. The maximum Gasteiger partial charge on any atom is 0.405 e. The minimum atomic E-state index is -1.69. The predicted octanol–water partition coefficient (Wildman–Crippen LogP) is 0.993. The van der Waals surface area contributed by atoms with Crippen molar-refractivity contribution in [2.75, 3.05) is 0 Å². The fourth-order valence-electron chi connectivity index (χ4n) is 0.680. The molecule has 0 aliphatic rings. The second-order valence-corrected chi connectivity index (χ2v) is 3.49. The van der Waals surface area contributed by atoms with Crippen molar-refractivity contribution in [2.45, 2.75) is 26.9 Å². The van der Waals surface area contributed by atoms with E-state index in [0.717, 1.165) is 0 Å². The number of nitrogens with two attached hydrogens (primary N) is 1. The molecule has 0 aromatic carbocycles. The summed E-state index contributed by atoms with van der Waals surface area (Å²) in [5.74, 6) is 0. The molecule has 70 valence electrons. The van der Waals surface area contributed by atoms with Crippen molar-refractivity contribution in [3.8, 4) is 0 Å². The molecule has 0 aliphatic carbocycles. The van der Waals surface area contributed by atoms with Crippen LogP contribution >= 0.6 is 0 Å². The van der Waals surface area contributed by atoms with Crippen LogP contribution in [0.5, 0.6) is 0 Å². The molecule has 0 bridgehead atoms. The third-order valence-corrected chi connectivity index (χ3v) is 1.23. The van der Waals surface area contributed by atoms with Crippen molar-refractivity contribution in [2.24, 2.45) is 11.1 Å². The number of amides is 1. The fraction of sp³-hybridized carbons (Fsp3) is 0.714. The van der Waals surface area contributed by atoms with E-state index < -0.39 is 23.6 Å². The Balaban J connectivity index is 4.46. The summed E-state index contributed by atoms with van der Waals surface area (Å²) in [6.07, 6.45) is -2.57. The third-order valence-electron chi connectivity index (χ3n) is 1.23. The van der Waals surface area contributed by atoms with Gasteiger partial charge in [-0.2, -0.15) is 4.39 Å². The first kappa shape index (κ1) is 10.9. The Hall–Kier alpha value is -1.13. The molecule has 4 nitrogen and oxygen atoms in total. The highest BCUT2D eigenvalue weighted by molar-refractivity contribution is 5.78. The molecule has 0 aromatic heterocycles. The van der Waals surface area contributed by atoms with Gasteiger partial charge in [-0.15, -0.1) is 0 Å². The number of carbonyl (C=O) groups excluding carboxylic acids is 2. The molecule has 0 radical (unpaired) electrons. The Bertz CT molecular complexity index is 197. The SMILES string of the molecule is CC(C)(C)C(OC(N)=O)C(=O)F. The molecular weight excluding hydrogens is 165 g/mol. The molecule has 0 rings (SSSR count). The molecule has 2 N–H and O–H groups in total. The topological polar surface area (TPSA) is 69.4 Å². The van der Waals surface area contributed by atoms with Crippen LogP contribution in [0, 0.1) is 5.41 Å². The lowest BCUT2D eigenvalue weighted by atomic mass is 9.89. The monoisotopic (exact) mass is 177 g/mol. The van der Waals surface area contributed by atoms with Crippen LogP contribution in [0.2, 0.25) is 0 Å². The van der Waals surface area contributed by atoms with Gasteiger partial charge >= 0.3 is 12.1 Å². The molecule has 0 saturated heterocycles. The van der Waals surface area contributed by atoms with Crippen LogP contribution < -0.4 is 5.73 Å². The van der Waals surface area contributed by atoms with Crippen LogP contribution in [0.25, 0.3) is 0 Å². The number of rotatable bonds is 2. The van der Waals surface area contributed by atoms with Crippen LogP contribution in [0.3, 0.4) is 0 Å². The number of primary amides is 1. The van der Waals surface area contributed by atoms with E-state index in [0.29, 0.717) is 0 Å². The van der Waals surface area contributed by atoms with E-state index in [2.05, 4.69) is 10.5 Å². The van der Waals surface area contributed by atoms with Gasteiger partial charge in [0.25, 0.3) is 0 Å². The van der Waals surface area contributed by atoms with Crippen LogP contribution in [-0.4, -0.2) is 18.2 Å². The normalized spacial score (nSPS) is 13.7. The molecule has 5 heteroatoms. The van der Waals surface area contributed by atoms with Gasteiger partial charge in [-0.05, 0) is 0 Å². The Morgan fingerprint density at radius 3 is 1.92 bits per heavy atom. The Labute approximate surface area is 69.9 Å². The van der Waals surface area contributed by atoms with Gasteiger partial charge in [-0.3, -0.25) is 4.79 Å². The van der Waals surface area contributed by atoms with E-state index in [1.165, 1.54) is 0 Å². The maximum absolute atomic E-state index is 12.3. The van der Waals surface area contributed by atoms with Crippen LogP contribution in [-0.2, 0) is 9.53 Å². The third kappa shape index (κ3) is 3.32. The summed E-state index contributed by atoms with van der Waals surface area (Å²) in [4.78, 5) is 20.6. The van der Waals surface area contributed by atoms with Gasteiger partial charge in [-0.25, -0.2) is 4.79 Å². The quantitative estimate of drug-likeness (QED) is 0.639. The number of hydrogen-bond acceptors (Lipinski definition) is 3. The van der Waals surface area contributed by atoms with Gasteiger partial charge in [-0.1, -0.05) is 20.8 Å². The molecule has 0 heterocycles. The zero-order valence-corrected chi connectivity index (χ0v) is 7.26. The van der Waals surface area contributed by atoms with Gasteiger partial charge in [0, 0.05) is 5.41 Å². The van der Waals surface area contributed by atoms with Crippen molar-refractivity contribution >= 4 is 12.1 Å². The lowest BCUT2D eigenvalue weighted by Gasteiger charge is -2.25. The first-order chi connectivity index (χ1) is 5.25. The first-order valence-corrected chi connectivity index (χ1v) is 3.40. The van der Waals surface area contributed by atoms with E-state index in [9.17, 15) is 14.0 Å². The minimum Gasteiger partial charge on any atom is -0.435 e. The molecule has 1 unspecified atom stereocenters. The molecule has 12 heavy (non-hydrogen) atoms. The van der Waals surface area contributed by atoms with E-state index >= 15 is 0 Å². The van der Waals surface area contributed by atoms with Crippen LogP contribution in [0.1, 0.15) is 20.8 Å². The van der Waals surface area contributed by atoms with E-state index in [4.69, 9.17) is 0 Å². The van der Waals surface area contributed by atoms with Gasteiger partial charge in [0.2, 0.25) is 0 Å². The lowest BCUT2D eigenvalue weighted by molar-refractivity contribution is -0.143. The Kier molecular flexibility index (Phi) is 3.18. The van der Waals surface area contributed by atoms with Gasteiger partial charge in [0.1, 0.15) is 0 Å². The minimum absolute atomic E-state index is 0.777. The van der Waals surface area contributed by atoms with Crippen molar-refractivity contribution in [3.05, 3.63) is 0 Å². The molecular formula is C7H12FNO3. The molecule has 0 aliphatic heterocycles. The summed E-state index contributed by atoms with van der Waals surface area (Å²) in [6, 6.07) is -1.69. The average molecular weight is 177 g/mol. The highest BCUT2D eigenvalue weighted by atomic mass is 19.1. The predicted molar refractivity (Wildman–Crippen MR) is 40.0 cm³/mol.